The summed E-state index contributed by atoms with van der Waals surface area (Å²) >= 11 is 6.21. The number of carbonyl (C=O) groups excluding carboxylic acids is 2. The minimum Gasteiger partial charge on any atom is -0.350 e. The van der Waals surface area contributed by atoms with Gasteiger partial charge in [0.05, 0.1) is 26.7 Å². The minimum absolute atomic E-state index is 0.0156. The zero-order chi connectivity index (χ0) is 22.6. The molecule has 0 bridgehead atoms. The maximum atomic E-state index is 13.0. The van der Waals surface area contributed by atoms with Crippen LogP contribution < -0.4 is 10.6 Å². The van der Waals surface area contributed by atoms with Crippen molar-refractivity contribution in [3.05, 3.63) is 58.6 Å². The SMILES string of the molecule is CC[C@@H](C)NC(=O)c1ccccc1NC(=O)c1cc(S(=O)(=O)N2CCCC2)ccc1Cl. The van der Waals surface area contributed by atoms with Crippen molar-refractivity contribution < 1.29 is 18.0 Å². The fraction of sp³-hybridized carbons (Fsp3) is 0.364. The molecule has 0 unspecified atom stereocenters. The van der Waals surface area contributed by atoms with Crippen LogP contribution in [0.1, 0.15) is 53.8 Å². The number of halogens is 1. The molecule has 0 aromatic heterocycles. The summed E-state index contributed by atoms with van der Waals surface area (Å²) in [6.45, 7) is 4.78. The van der Waals surface area contributed by atoms with E-state index < -0.39 is 15.9 Å². The van der Waals surface area contributed by atoms with Crippen molar-refractivity contribution in [1.82, 2.24) is 9.62 Å². The van der Waals surface area contributed by atoms with Gasteiger partial charge in [-0.3, -0.25) is 9.59 Å². The highest BCUT2D eigenvalue weighted by atomic mass is 35.5. The lowest BCUT2D eigenvalue weighted by Gasteiger charge is -2.17. The van der Waals surface area contributed by atoms with E-state index in [0.717, 1.165) is 19.3 Å². The molecule has 2 aromatic carbocycles. The van der Waals surface area contributed by atoms with Gasteiger partial charge in [-0.05, 0) is 56.5 Å². The van der Waals surface area contributed by atoms with Gasteiger partial charge in [-0.1, -0.05) is 30.7 Å². The van der Waals surface area contributed by atoms with E-state index in [4.69, 9.17) is 11.6 Å². The lowest BCUT2D eigenvalue weighted by molar-refractivity contribution is 0.0940. The monoisotopic (exact) mass is 463 g/mol. The molecule has 2 amide bonds. The van der Waals surface area contributed by atoms with E-state index in [9.17, 15) is 18.0 Å². The van der Waals surface area contributed by atoms with Crippen LogP contribution in [0.2, 0.25) is 5.02 Å². The summed E-state index contributed by atoms with van der Waals surface area (Å²) in [4.78, 5) is 25.6. The van der Waals surface area contributed by atoms with Crippen molar-refractivity contribution in [3.63, 3.8) is 0 Å². The summed E-state index contributed by atoms with van der Waals surface area (Å²) in [5, 5.41) is 5.69. The second-order valence-electron chi connectivity index (χ2n) is 7.54. The molecule has 0 saturated carbocycles. The third-order valence-corrected chi connectivity index (χ3v) is 7.52. The molecule has 1 atom stereocenters. The third-order valence-electron chi connectivity index (χ3n) is 5.30. The van der Waals surface area contributed by atoms with Crippen LogP contribution in [-0.2, 0) is 10.0 Å². The molecule has 0 spiro atoms. The van der Waals surface area contributed by atoms with Crippen LogP contribution >= 0.6 is 11.6 Å². The number of hydrogen-bond acceptors (Lipinski definition) is 4. The van der Waals surface area contributed by atoms with E-state index in [1.54, 1.807) is 24.3 Å². The smallest absolute Gasteiger partial charge is 0.257 e. The van der Waals surface area contributed by atoms with Gasteiger partial charge in [0.2, 0.25) is 10.0 Å². The third kappa shape index (κ3) is 5.26. The molecule has 1 aliphatic rings. The number of para-hydroxylation sites is 1. The van der Waals surface area contributed by atoms with Crippen molar-refractivity contribution in [3.8, 4) is 0 Å². The van der Waals surface area contributed by atoms with E-state index in [0.29, 0.717) is 24.3 Å². The van der Waals surface area contributed by atoms with Crippen LogP contribution in [0.5, 0.6) is 0 Å². The molecule has 0 radical (unpaired) electrons. The molecule has 1 saturated heterocycles. The van der Waals surface area contributed by atoms with E-state index in [2.05, 4.69) is 10.6 Å². The Labute approximate surface area is 187 Å². The molecule has 3 rings (SSSR count). The first kappa shape index (κ1) is 23.2. The van der Waals surface area contributed by atoms with Crippen LogP contribution in [0.4, 0.5) is 5.69 Å². The number of benzene rings is 2. The molecule has 1 aliphatic heterocycles. The van der Waals surface area contributed by atoms with Gasteiger partial charge in [0, 0.05) is 19.1 Å². The Morgan fingerprint density at radius 1 is 1.06 bits per heavy atom. The van der Waals surface area contributed by atoms with Gasteiger partial charge < -0.3 is 10.6 Å². The maximum Gasteiger partial charge on any atom is 0.257 e. The standard InChI is InChI=1S/C22H26ClN3O4S/c1-3-15(2)24-21(27)17-8-4-5-9-20(17)25-22(28)18-14-16(10-11-19(18)23)31(29,30)26-12-6-7-13-26/h4-5,8-11,14-15H,3,6-7,12-13H2,1-2H3,(H,24,27)(H,25,28)/t15-/m1/s1. The lowest BCUT2D eigenvalue weighted by atomic mass is 10.1. The number of amides is 2. The lowest BCUT2D eigenvalue weighted by Crippen LogP contribution is -2.32. The Morgan fingerprint density at radius 3 is 2.42 bits per heavy atom. The molecule has 9 heteroatoms. The summed E-state index contributed by atoms with van der Waals surface area (Å²) in [5.41, 5.74) is 0.657. The largest absolute Gasteiger partial charge is 0.350 e. The zero-order valence-corrected chi connectivity index (χ0v) is 19.1. The highest BCUT2D eigenvalue weighted by Crippen LogP contribution is 2.26. The molecule has 0 aliphatic carbocycles. The normalized spacial score (nSPS) is 15.5. The minimum atomic E-state index is -3.69. The maximum absolute atomic E-state index is 13.0. The molecule has 7 nitrogen and oxygen atoms in total. The molecule has 31 heavy (non-hydrogen) atoms. The van der Waals surface area contributed by atoms with Crippen molar-refractivity contribution in [2.24, 2.45) is 0 Å². The number of carbonyl (C=O) groups is 2. The number of anilines is 1. The highest BCUT2D eigenvalue weighted by Gasteiger charge is 2.28. The second-order valence-corrected chi connectivity index (χ2v) is 9.88. The van der Waals surface area contributed by atoms with Crippen molar-refractivity contribution in [1.29, 1.82) is 0 Å². The van der Waals surface area contributed by atoms with Crippen LogP contribution in [0, 0.1) is 0 Å². The van der Waals surface area contributed by atoms with E-state index in [1.165, 1.54) is 22.5 Å². The molecule has 166 valence electrons. The Balaban J connectivity index is 1.87. The molecule has 2 N–H and O–H groups in total. The fourth-order valence-corrected chi connectivity index (χ4v) is 5.05. The van der Waals surface area contributed by atoms with Crippen molar-refractivity contribution in [2.75, 3.05) is 18.4 Å². The summed E-state index contributed by atoms with van der Waals surface area (Å²) in [5.74, 6) is -0.894. The van der Waals surface area contributed by atoms with Gasteiger partial charge in [0.1, 0.15) is 0 Å². The number of sulfonamides is 1. The number of rotatable bonds is 7. The van der Waals surface area contributed by atoms with Gasteiger partial charge in [-0.2, -0.15) is 4.31 Å². The van der Waals surface area contributed by atoms with E-state index in [1.807, 2.05) is 13.8 Å². The molecular weight excluding hydrogens is 438 g/mol. The van der Waals surface area contributed by atoms with Crippen LogP contribution in [0.25, 0.3) is 0 Å². The predicted octanol–water partition coefficient (Wildman–Crippen LogP) is 3.91. The van der Waals surface area contributed by atoms with Crippen molar-refractivity contribution >= 4 is 39.1 Å². The van der Waals surface area contributed by atoms with Crippen LogP contribution in [0.15, 0.2) is 47.4 Å². The highest BCUT2D eigenvalue weighted by molar-refractivity contribution is 7.89. The Hall–Kier alpha value is -2.42. The molecule has 2 aromatic rings. The van der Waals surface area contributed by atoms with Gasteiger partial charge >= 0.3 is 0 Å². The summed E-state index contributed by atoms with van der Waals surface area (Å²) in [7, 11) is -3.69. The summed E-state index contributed by atoms with van der Waals surface area (Å²) < 4.78 is 27.1. The molecule has 1 heterocycles. The number of nitrogens with zero attached hydrogens (tertiary/aromatic N) is 1. The Kier molecular flexibility index (Phi) is 7.35. The van der Waals surface area contributed by atoms with Crippen LogP contribution in [-0.4, -0.2) is 43.7 Å². The average molecular weight is 464 g/mol. The van der Waals surface area contributed by atoms with Crippen LogP contribution in [0.3, 0.4) is 0 Å². The average Bonchev–Trinajstić information content (AvgIpc) is 3.30. The summed E-state index contributed by atoms with van der Waals surface area (Å²) in [6.07, 6.45) is 2.40. The van der Waals surface area contributed by atoms with Gasteiger partial charge in [0.15, 0.2) is 0 Å². The predicted molar refractivity (Wildman–Crippen MR) is 121 cm³/mol. The number of nitrogens with one attached hydrogen (secondary N) is 2. The van der Waals surface area contributed by atoms with Crippen molar-refractivity contribution in [2.45, 2.75) is 44.0 Å². The first-order chi connectivity index (χ1) is 14.7. The first-order valence-electron chi connectivity index (χ1n) is 10.2. The Bertz CT molecular complexity index is 1080. The molecular formula is C22H26ClN3O4S. The van der Waals surface area contributed by atoms with E-state index >= 15 is 0 Å². The first-order valence-corrected chi connectivity index (χ1v) is 12.1. The van der Waals surface area contributed by atoms with Gasteiger partial charge in [0.25, 0.3) is 11.8 Å². The quantitative estimate of drug-likeness (QED) is 0.650. The fourth-order valence-electron chi connectivity index (χ4n) is 3.30. The topological polar surface area (TPSA) is 95.6 Å². The molecule has 1 fully saturated rings. The van der Waals surface area contributed by atoms with Gasteiger partial charge in [-0.15, -0.1) is 0 Å². The number of hydrogen-bond donors (Lipinski definition) is 2. The van der Waals surface area contributed by atoms with Gasteiger partial charge in [-0.25, -0.2) is 8.42 Å². The zero-order valence-electron chi connectivity index (χ0n) is 17.5. The van der Waals surface area contributed by atoms with E-state index in [-0.39, 0.29) is 27.4 Å². The Morgan fingerprint density at radius 2 is 1.74 bits per heavy atom. The summed E-state index contributed by atoms with van der Waals surface area (Å²) in [6, 6.07) is 10.7. The second kappa shape index (κ2) is 9.80.